The molecule has 1 N–H and O–H groups in total. The predicted molar refractivity (Wildman–Crippen MR) is 94.6 cm³/mol. The number of rotatable bonds is 2. The molecule has 2 heterocycles. The molecule has 0 bridgehead atoms. The highest BCUT2D eigenvalue weighted by Gasteiger charge is 2.29. The summed E-state index contributed by atoms with van der Waals surface area (Å²) in [4.78, 5) is 28.7. The zero-order chi connectivity index (χ0) is 17.1. The predicted octanol–water partition coefficient (Wildman–Crippen LogP) is 2.42. The number of hydrogen-bond donors (Lipinski definition) is 1. The van der Waals surface area contributed by atoms with E-state index in [4.69, 9.17) is 23.2 Å². The van der Waals surface area contributed by atoms with E-state index in [0.717, 1.165) is 25.8 Å². The van der Waals surface area contributed by atoms with Gasteiger partial charge in [0.2, 0.25) is 5.91 Å². The van der Waals surface area contributed by atoms with Crippen LogP contribution in [0.1, 0.15) is 29.6 Å². The average Bonchev–Trinajstić information content (AvgIpc) is 2.60. The number of carbonyl (C=O) groups is 2. The van der Waals surface area contributed by atoms with Crippen molar-refractivity contribution in [2.75, 3.05) is 32.7 Å². The molecule has 24 heavy (non-hydrogen) atoms. The molecule has 0 spiro atoms. The average molecular weight is 370 g/mol. The number of piperazine rings is 1. The third kappa shape index (κ3) is 4.02. The van der Waals surface area contributed by atoms with Gasteiger partial charge in [-0.2, -0.15) is 0 Å². The molecule has 1 aromatic carbocycles. The van der Waals surface area contributed by atoms with Gasteiger partial charge in [-0.15, -0.1) is 0 Å². The number of piperidine rings is 1. The van der Waals surface area contributed by atoms with Gasteiger partial charge in [0.05, 0.1) is 6.04 Å². The highest BCUT2D eigenvalue weighted by atomic mass is 35.5. The van der Waals surface area contributed by atoms with Crippen LogP contribution in [-0.4, -0.2) is 60.4 Å². The number of nitrogens with one attached hydrogen (secondary N) is 1. The number of amides is 2. The second-order valence-electron chi connectivity index (χ2n) is 6.28. The lowest BCUT2D eigenvalue weighted by Gasteiger charge is -2.37. The smallest absolute Gasteiger partial charge is 0.254 e. The van der Waals surface area contributed by atoms with Gasteiger partial charge in [0, 0.05) is 41.8 Å². The molecule has 2 saturated heterocycles. The fourth-order valence-electron chi connectivity index (χ4n) is 3.27. The Morgan fingerprint density at radius 2 is 1.58 bits per heavy atom. The van der Waals surface area contributed by atoms with E-state index in [1.54, 1.807) is 23.1 Å². The van der Waals surface area contributed by atoms with Crippen molar-refractivity contribution in [3.8, 4) is 0 Å². The van der Waals surface area contributed by atoms with Gasteiger partial charge in [-0.1, -0.05) is 29.6 Å². The van der Waals surface area contributed by atoms with E-state index >= 15 is 0 Å². The summed E-state index contributed by atoms with van der Waals surface area (Å²) in [5.74, 6) is 0.0647. The molecular weight excluding hydrogens is 349 g/mol. The summed E-state index contributed by atoms with van der Waals surface area (Å²) in [6, 6.07) is 4.79. The van der Waals surface area contributed by atoms with Crippen LogP contribution in [0.25, 0.3) is 0 Å². The second kappa shape index (κ2) is 7.72. The molecule has 5 nitrogen and oxygen atoms in total. The molecule has 2 amide bonds. The van der Waals surface area contributed by atoms with Gasteiger partial charge in [-0.05, 0) is 37.6 Å². The van der Waals surface area contributed by atoms with Crippen molar-refractivity contribution in [2.24, 2.45) is 0 Å². The van der Waals surface area contributed by atoms with E-state index in [2.05, 4.69) is 5.32 Å². The minimum atomic E-state index is -0.0951. The van der Waals surface area contributed by atoms with Crippen LogP contribution in [-0.2, 0) is 4.79 Å². The third-order valence-electron chi connectivity index (χ3n) is 4.60. The van der Waals surface area contributed by atoms with Crippen LogP contribution in [0, 0.1) is 0 Å². The zero-order valence-corrected chi connectivity index (χ0v) is 14.9. The molecule has 130 valence electrons. The number of nitrogens with zero attached hydrogens (tertiary/aromatic N) is 2. The van der Waals surface area contributed by atoms with Crippen molar-refractivity contribution in [2.45, 2.75) is 25.3 Å². The van der Waals surface area contributed by atoms with E-state index in [1.807, 2.05) is 4.90 Å². The fourth-order valence-corrected chi connectivity index (χ4v) is 3.80. The highest BCUT2D eigenvalue weighted by molar-refractivity contribution is 6.35. The Hall–Kier alpha value is -1.30. The van der Waals surface area contributed by atoms with Crippen molar-refractivity contribution in [3.05, 3.63) is 33.8 Å². The minimum absolute atomic E-state index is 0.0623. The van der Waals surface area contributed by atoms with Crippen molar-refractivity contribution < 1.29 is 9.59 Å². The number of halogens is 2. The monoisotopic (exact) mass is 369 g/mol. The Labute approximate surface area is 151 Å². The molecule has 0 radical (unpaired) electrons. The Balaban J connectivity index is 1.58. The SMILES string of the molecule is O=C(c1cc(Cl)cc(Cl)c1)N1CCN(C(=O)C2CCCCN2)CC1. The largest absolute Gasteiger partial charge is 0.338 e. The van der Waals surface area contributed by atoms with Gasteiger partial charge < -0.3 is 15.1 Å². The summed E-state index contributed by atoms with van der Waals surface area (Å²) in [5.41, 5.74) is 0.487. The van der Waals surface area contributed by atoms with E-state index in [0.29, 0.717) is 41.8 Å². The summed E-state index contributed by atoms with van der Waals surface area (Å²) < 4.78 is 0. The standard InChI is InChI=1S/C17H21Cl2N3O2/c18-13-9-12(10-14(19)11-13)16(23)21-5-7-22(8-6-21)17(24)15-3-1-2-4-20-15/h9-11,15,20H,1-8H2. The second-order valence-corrected chi connectivity index (χ2v) is 7.15. The zero-order valence-electron chi connectivity index (χ0n) is 13.4. The normalized spacial score (nSPS) is 21.7. The van der Waals surface area contributed by atoms with Gasteiger partial charge in [0.15, 0.2) is 0 Å². The number of hydrogen-bond acceptors (Lipinski definition) is 3. The molecule has 1 unspecified atom stereocenters. The molecular formula is C17H21Cl2N3O2. The first-order valence-corrected chi connectivity index (χ1v) is 9.08. The molecule has 1 atom stereocenters. The fraction of sp³-hybridized carbons (Fsp3) is 0.529. The Morgan fingerprint density at radius 1 is 0.958 bits per heavy atom. The summed E-state index contributed by atoms with van der Waals surface area (Å²) in [6.45, 7) is 3.10. The minimum Gasteiger partial charge on any atom is -0.338 e. The van der Waals surface area contributed by atoms with Gasteiger partial charge >= 0.3 is 0 Å². The van der Waals surface area contributed by atoms with Crippen LogP contribution in [0.5, 0.6) is 0 Å². The molecule has 3 rings (SSSR count). The van der Waals surface area contributed by atoms with Crippen LogP contribution >= 0.6 is 23.2 Å². The van der Waals surface area contributed by atoms with Gasteiger partial charge in [-0.3, -0.25) is 9.59 Å². The van der Waals surface area contributed by atoms with E-state index in [9.17, 15) is 9.59 Å². The highest BCUT2D eigenvalue weighted by Crippen LogP contribution is 2.21. The van der Waals surface area contributed by atoms with Gasteiger partial charge in [0.25, 0.3) is 5.91 Å². The first kappa shape index (κ1) is 17.5. The molecule has 1 aromatic rings. The molecule has 2 fully saturated rings. The van der Waals surface area contributed by atoms with E-state index in [1.165, 1.54) is 0 Å². The molecule has 0 saturated carbocycles. The van der Waals surface area contributed by atoms with Crippen LogP contribution in [0.3, 0.4) is 0 Å². The molecule has 2 aliphatic heterocycles. The summed E-state index contributed by atoms with van der Waals surface area (Å²) in [5, 5.41) is 4.18. The Kier molecular flexibility index (Phi) is 5.64. The van der Waals surface area contributed by atoms with Crippen LogP contribution < -0.4 is 5.32 Å². The molecule has 0 aromatic heterocycles. The lowest BCUT2D eigenvalue weighted by atomic mass is 10.0. The number of benzene rings is 1. The lowest BCUT2D eigenvalue weighted by Crippen LogP contribution is -2.55. The van der Waals surface area contributed by atoms with Gasteiger partial charge in [0.1, 0.15) is 0 Å². The maximum atomic E-state index is 12.6. The lowest BCUT2D eigenvalue weighted by molar-refractivity contribution is -0.135. The number of carbonyl (C=O) groups excluding carboxylic acids is 2. The van der Waals surface area contributed by atoms with Crippen LogP contribution in [0.2, 0.25) is 10.0 Å². The van der Waals surface area contributed by atoms with E-state index < -0.39 is 0 Å². The van der Waals surface area contributed by atoms with Crippen LogP contribution in [0.4, 0.5) is 0 Å². The molecule has 0 aliphatic carbocycles. The summed E-state index contributed by atoms with van der Waals surface area (Å²) >= 11 is 11.9. The summed E-state index contributed by atoms with van der Waals surface area (Å²) in [7, 11) is 0. The first-order valence-electron chi connectivity index (χ1n) is 8.32. The quantitative estimate of drug-likeness (QED) is 0.870. The maximum Gasteiger partial charge on any atom is 0.254 e. The van der Waals surface area contributed by atoms with E-state index in [-0.39, 0.29) is 17.9 Å². The van der Waals surface area contributed by atoms with Crippen molar-refractivity contribution in [1.82, 2.24) is 15.1 Å². The van der Waals surface area contributed by atoms with Crippen molar-refractivity contribution in [1.29, 1.82) is 0 Å². The van der Waals surface area contributed by atoms with Crippen LogP contribution in [0.15, 0.2) is 18.2 Å². The first-order chi connectivity index (χ1) is 11.5. The topological polar surface area (TPSA) is 52.7 Å². The molecule has 2 aliphatic rings. The van der Waals surface area contributed by atoms with Crippen molar-refractivity contribution >= 4 is 35.0 Å². The van der Waals surface area contributed by atoms with Gasteiger partial charge in [-0.25, -0.2) is 0 Å². The third-order valence-corrected chi connectivity index (χ3v) is 5.03. The molecule has 7 heteroatoms. The maximum absolute atomic E-state index is 12.6. The van der Waals surface area contributed by atoms with Crippen molar-refractivity contribution in [3.63, 3.8) is 0 Å². The Morgan fingerprint density at radius 3 is 2.17 bits per heavy atom. The Bertz CT molecular complexity index is 604. The summed E-state index contributed by atoms with van der Waals surface area (Å²) in [6.07, 6.45) is 3.13.